The van der Waals surface area contributed by atoms with Crippen LogP contribution in [-0.4, -0.2) is 31.5 Å². The number of aliphatic hydroxyl groups is 1. The monoisotopic (exact) mass is 149 g/mol. The molecule has 0 saturated heterocycles. The van der Waals surface area contributed by atoms with Crippen LogP contribution in [-0.2, 0) is 4.74 Å². The molecule has 0 aliphatic heterocycles. The van der Waals surface area contributed by atoms with E-state index in [2.05, 4.69) is 10.1 Å². The third-order valence-electron chi connectivity index (χ3n) is 0.529. The van der Waals surface area contributed by atoms with E-state index >= 15 is 0 Å². The fraction of sp³-hybridized carbons (Fsp3) is 0.833. The first-order valence-corrected chi connectivity index (χ1v) is 3.26. The van der Waals surface area contributed by atoms with Gasteiger partial charge < -0.3 is 15.2 Å². The van der Waals surface area contributed by atoms with Crippen LogP contribution >= 0.6 is 0 Å². The van der Waals surface area contributed by atoms with Crippen LogP contribution < -0.4 is 5.32 Å². The fourth-order valence-electron chi connectivity index (χ4n) is 0.211. The molecule has 1 amide bonds. The van der Waals surface area contributed by atoms with Gasteiger partial charge in [0.2, 0.25) is 0 Å². The molecular formula is C6H15NO3. The summed E-state index contributed by atoms with van der Waals surface area (Å²) in [4.78, 5) is 10.1. The maximum atomic E-state index is 10.1. The Labute approximate surface area is 61.2 Å². The Morgan fingerprint density at radius 3 is 2.40 bits per heavy atom. The van der Waals surface area contributed by atoms with Gasteiger partial charge in [0.05, 0.1) is 6.61 Å². The predicted molar refractivity (Wildman–Crippen MR) is 38.8 cm³/mol. The van der Waals surface area contributed by atoms with Crippen molar-refractivity contribution in [3.63, 3.8) is 0 Å². The summed E-state index contributed by atoms with van der Waals surface area (Å²) in [6.45, 7) is 3.92. The summed E-state index contributed by atoms with van der Waals surface area (Å²) in [6, 6.07) is 0. The molecule has 0 aromatic carbocycles. The molecule has 0 aliphatic carbocycles. The molecule has 2 N–H and O–H groups in total. The summed E-state index contributed by atoms with van der Waals surface area (Å²) >= 11 is 0. The lowest BCUT2D eigenvalue weighted by Gasteiger charge is -1.98. The van der Waals surface area contributed by atoms with Gasteiger partial charge in [0.25, 0.3) is 0 Å². The second-order valence-electron chi connectivity index (χ2n) is 1.11. The van der Waals surface area contributed by atoms with Gasteiger partial charge in [-0.05, 0) is 0 Å². The highest BCUT2D eigenvalue weighted by molar-refractivity contribution is 5.66. The molecule has 0 bridgehead atoms. The molecule has 10 heavy (non-hydrogen) atoms. The highest BCUT2D eigenvalue weighted by Gasteiger charge is 1.92. The molecule has 0 aromatic heterocycles. The first kappa shape index (κ1) is 12.0. The van der Waals surface area contributed by atoms with Gasteiger partial charge in [0.1, 0.15) is 6.61 Å². The summed E-state index contributed by atoms with van der Waals surface area (Å²) < 4.78 is 4.34. The largest absolute Gasteiger partial charge is 0.447 e. The van der Waals surface area contributed by atoms with Gasteiger partial charge in [-0.2, -0.15) is 0 Å². The number of hydrogen-bond acceptors (Lipinski definition) is 3. The Kier molecular flexibility index (Phi) is 13.3. The van der Waals surface area contributed by atoms with Crippen molar-refractivity contribution in [2.24, 2.45) is 0 Å². The van der Waals surface area contributed by atoms with Crippen molar-refractivity contribution in [1.29, 1.82) is 0 Å². The SMILES string of the molecule is CC.CNC(=O)OCCO. The van der Waals surface area contributed by atoms with Crippen molar-refractivity contribution in [3.8, 4) is 0 Å². The second-order valence-corrected chi connectivity index (χ2v) is 1.11. The van der Waals surface area contributed by atoms with E-state index in [-0.39, 0.29) is 13.2 Å². The molecule has 0 aromatic rings. The summed E-state index contributed by atoms with van der Waals surface area (Å²) in [5, 5.41) is 10.3. The zero-order chi connectivity index (χ0) is 8.41. The van der Waals surface area contributed by atoms with Gasteiger partial charge in [-0.15, -0.1) is 0 Å². The number of ether oxygens (including phenoxy) is 1. The van der Waals surface area contributed by atoms with Crippen molar-refractivity contribution in [2.75, 3.05) is 20.3 Å². The molecule has 0 radical (unpaired) electrons. The van der Waals surface area contributed by atoms with E-state index < -0.39 is 6.09 Å². The Morgan fingerprint density at radius 2 is 2.10 bits per heavy atom. The summed E-state index contributed by atoms with van der Waals surface area (Å²) in [5.41, 5.74) is 0. The van der Waals surface area contributed by atoms with Gasteiger partial charge >= 0.3 is 6.09 Å². The van der Waals surface area contributed by atoms with Crippen LogP contribution in [0.2, 0.25) is 0 Å². The Morgan fingerprint density at radius 1 is 1.60 bits per heavy atom. The minimum absolute atomic E-state index is 0.0552. The van der Waals surface area contributed by atoms with Crippen LogP contribution in [0.3, 0.4) is 0 Å². The minimum atomic E-state index is -0.515. The smallest absolute Gasteiger partial charge is 0.406 e. The lowest BCUT2D eigenvalue weighted by Crippen LogP contribution is -2.20. The number of alkyl carbamates (subject to hydrolysis) is 1. The van der Waals surface area contributed by atoms with Crippen LogP contribution in [0.1, 0.15) is 13.8 Å². The summed E-state index contributed by atoms with van der Waals surface area (Å²) in [7, 11) is 1.46. The first-order valence-electron chi connectivity index (χ1n) is 3.26. The van der Waals surface area contributed by atoms with Gasteiger partial charge in [0, 0.05) is 7.05 Å². The molecule has 62 valence electrons. The van der Waals surface area contributed by atoms with E-state index in [1.807, 2.05) is 13.8 Å². The number of aliphatic hydroxyl groups excluding tert-OH is 1. The molecule has 4 nitrogen and oxygen atoms in total. The molecule has 4 heteroatoms. The van der Waals surface area contributed by atoms with E-state index in [0.29, 0.717) is 0 Å². The zero-order valence-electron chi connectivity index (χ0n) is 6.68. The quantitative estimate of drug-likeness (QED) is 0.596. The van der Waals surface area contributed by atoms with Crippen LogP contribution in [0.5, 0.6) is 0 Å². The second kappa shape index (κ2) is 11.1. The molecule has 0 heterocycles. The van der Waals surface area contributed by atoms with Gasteiger partial charge in [-0.3, -0.25) is 0 Å². The van der Waals surface area contributed by atoms with Crippen molar-refractivity contribution in [1.82, 2.24) is 5.32 Å². The zero-order valence-corrected chi connectivity index (χ0v) is 6.68. The average Bonchev–Trinajstić information content (AvgIpc) is 2.04. The highest BCUT2D eigenvalue weighted by Crippen LogP contribution is 1.71. The molecule has 0 spiro atoms. The van der Waals surface area contributed by atoms with Gasteiger partial charge in [-0.25, -0.2) is 4.79 Å². The van der Waals surface area contributed by atoms with Gasteiger partial charge in [-0.1, -0.05) is 13.8 Å². The van der Waals surface area contributed by atoms with E-state index in [0.717, 1.165) is 0 Å². The lowest BCUT2D eigenvalue weighted by molar-refractivity contribution is 0.121. The maximum absolute atomic E-state index is 10.1. The first-order chi connectivity index (χ1) is 4.81. The Bertz CT molecular complexity index is 75.4. The van der Waals surface area contributed by atoms with Crippen molar-refractivity contribution in [3.05, 3.63) is 0 Å². The Balaban J connectivity index is 0. The molecule has 0 unspecified atom stereocenters. The third-order valence-corrected chi connectivity index (χ3v) is 0.529. The van der Waals surface area contributed by atoms with Crippen LogP contribution in [0.15, 0.2) is 0 Å². The maximum Gasteiger partial charge on any atom is 0.406 e. The molecule has 0 rings (SSSR count). The number of amides is 1. The molecule has 0 saturated carbocycles. The van der Waals surface area contributed by atoms with Crippen molar-refractivity contribution >= 4 is 6.09 Å². The van der Waals surface area contributed by atoms with E-state index in [1.165, 1.54) is 7.05 Å². The number of nitrogens with one attached hydrogen (secondary N) is 1. The van der Waals surface area contributed by atoms with Gasteiger partial charge in [0.15, 0.2) is 0 Å². The van der Waals surface area contributed by atoms with E-state index in [1.54, 1.807) is 0 Å². The van der Waals surface area contributed by atoms with Crippen molar-refractivity contribution < 1.29 is 14.6 Å². The molecular weight excluding hydrogens is 134 g/mol. The fourth-order valence-corrected chi connectivity index (χ4v) is 0.211. The number of rotatable bonds is 2. The molecule has 0 fully saturated rings. The topological polar surface area (TPSA) is 58.6 Å². The third kappa shape index (κ3) is 10.3. The molecule has 0 atom stereocenters. The van der Waals surface area contributed by atoms with Crippen LogP contribution in [0.25, 0.3) is 0 Å². The number of carbonyl (C=O) groups excluding carboxylic acids is 1. The standard InChI is InChI=1S/C4H9NO3.C2H6/c1-5-4(7)8-3-2-6;1-2/h6H,2-3H2,1H3,(H,5,7);1-2H3. The van der Waals surface area contributed by atoms with Crippen LogP contribution in [0, 0.1) is 0 Å². The van der Waals surface area contributed by atoms with E-state index in [9.17, 15) is 4.79 Å². The highest BCUT2D eigenvalue weighted by atomic mass is 16.6. The lowest BCUT2D eigenvalue weighted by atomic mass is 10.8. The normalized spacial score (nSPS) is 7.20. The number of carbonyl (C=O) groups is 1. The minimum Gasteiger partial charge on any atom is -0.447 e. The van der Waals surface area contributed by atoms with Crippen molar-refractivity contribution in [2.45, 2.75) is 13.8 Å². The summed E-state index contributed by atoms with van der Waals surface area (Å²) in [6.07, 6.45) is -0.515. The Hall–Kier alpha value is -0.770. The molecule has 0 aliphatic rings. The predicted octanol–water partition coefficient (Wildman–Crippen LogP) is 0.361. The summed E-state index contributed by atoms with van der Waals surface area (Å²) in [5.74, 6) is 0. The average molecular weight is 149 g/mol. The van der Waals surface area contributed by atoms with E-state index in [4.69, 9.17) is 5.11 Å². The van der Waals surface area contributed by atoms with Crippen LogP contribution in [0.4, 0.5) is 4.79 Å². The number of hydrogen-bond donors (Lipinski definition) is 2.